The Balaban J connectivity index is 1.72. The van der Waals surface area contributed by atoms with Crippen molar-refractivity contribution in [1.82, 2.24) is 14.9 Å². The second kappa shape index (κ2) is 8.57. The average molecular weight is 416 g/mol. The van der Waals surface area contributed by atoms with Crippen LogP contribution in [0.2, 0.25) is 0 Å². The molecule has 1 saturated heterocycles. The molecule has 1 aromatic heterocycles. The number of morpholine rings is 1. The smallest absolute Gasteiger partial charge is 0.379 e. The third-order valence-electron chi connectivity index (χ3n) is 5.19. The van der Waals surface area contributed by atoms with Gasteiger partial charge >= 0.3 is 6.18 Å². The summed E-state index contributed by atoms with van der Waals surface area (Å²) in [6.07, 6.45) is -4.62. The molecular formula is C22H23F3N4O. The molecule has 0 spiro atoms. The monoisotopic (exact) mass is 416 g/mol. The molecule has 4 rings (SSSR count). The molecule has 0 amide bonds. The van der Waals surface area contributed by atoms with Crippen LogP contribution in [-0.2, 0) is 10.9 Å². The molecule has 1 aliphatic heterocycles. The molecule has 2 heterocycles. The molecule has 1 N–H and O–H groups in total. The van der Waals surface area contributed by atoms with E-state index in [2.05, 4.69) is 20.2 Å². The van der Waals surface area contributed by atoms with E-state index in [1.54, 1.807) is 24.3 Å². The van der Waals surface area contributed by atoms with E-state index in [9.17, 15) is 13.2 Å². The van der Waals surface area contributed by atoms with Gasteiger partial charge < -0.3 is 10.1 Å². The standard InChI is InChI=1S/C22H23F3N4O/c1-15-6-8-16(9-7-15)19(14-29-10-12-30-13-11-29)26-20-17-4-2-3-5-18(17)27-21(28-20)22(23,24)25/h2-9,19H,10-14H2,1H3,(H,26,27,28)/t19-/m1/s1. The maximum atomic E-state index is 13.4. The van der Waals surface area contributed by atoms with Gasteiger partial charge in [-0.15, -0.1) is 0 Å². The Morgan fingerprint density at radius 1 is 1.03 bits per heavy atom. The number of aryl methyl sites for hydroxylation is 1. The number of halogens is 3. The fourth-order valence-electron chi connectivity index (χ4n) is 3.55. The van der Waals surface area contributed by atoms with Crippen molar-refractivity contribution in [2.75, 3.05) is 38.2 Å². The van der Waals surface area contributed by atoms with Gasteiger partial charge in [0.05, 0.1) is 24.8 Å². The van der Waals surface area contributed by atoms with Crippen LogP contribution in [0, 0.1) is 6.92 Å². The summed E-state index contributed by atoms with van der Waals surface area (Å²) in [5.74, 6) is -0.954. The van der Waals surface area contributed by atoms with Gasteiger partial charge in [0.25, 0.3) is 0 Å². The minimum Gasteiger partial charge on any atom is -0.379 e. The molecule has 0 saturated carbocycles. The molecule has 0 unspecified atom stereocenters. The van der Waals surface area contributed by atoms with Crippen molar-refractivity contribution < 1.29 is 17.9 Å². The number of hydrogen-bond donors (Lipinski definition) is 1. The zero-order valence-electron chi connectivity index (χ0n) is 16.6. The molecule has 0 aliphatic carbocycles. The van der Waals surface area contributed by atoms with Gasteiger partial charge in [0.15, 0.2) is 0 Å². The van der Waals surface area contributed by atoms with Crippen molar-refractivity contribution in [3.8, 4) is 0 Å². The van der Waals surface area contributed by atoms with Gasteiger partial charge in [0, 0.05) is 25.0 Å². The van der Waals surface area contributed by atoms with Crippen molar-refractivity contribution in [1.29, 1.82) is 0 Å². The van der Waals surface area contributed by atoms with Gasteiger partial charge in [0.1, 0.15) is 5.82 Å². The first kappa shape index (κ1) is 20.6. The quantitative estimate of drug-likeness (QED) is 0.666. The highest BCUT2D eigenvalue weighted by Crippen LogP contribution is 2.32. The molecule has 5 nitrogen and oxygen atoms in total. The zero-order valence-corrected chi connectivity index (χ0v) is 16.6. The summed E-state index contributed by atoms with van der Waals surface area (Å²) in [5, 5.41) is 3.84. The fourth-order valence-corrected chi connectivity index (χ4v) is 3.55. The number of hydrogen-bond acceptors (Lipinski definition) is 5. The van der Waals surface area contributed by atoms with Gasteiger partial charge in [-0.2, -0.15) is 13.2 Å². The number of alkyl halides is 3. The lowest BCUT2D eigenvalue weighted by Gasteiger charge is -2.31. The zero-order chi connectivity index (χ0) is 21.1. The Bertz CT molecular complexity index is 1000. The summed E-state index contributed by atoms with van der Waals surface area (Å²) < 4.78 is 45.6. The maximum Gasteiger partial charge on any atom is 0.451 e. The molecule has 1 atom stereocenters. The van der Waals surface area contributed by atoms with Gasteiger partial charge in [-0.25, -0.2) is 9.97 Å². The number of rotatable bonds is 5. The van der Waals surface area contributed by atoms with E-state index >= 15 is 0 Å². The fraction of sp³-hybridized carbons (Fsp3) is 0.364. The Morgan fingerprint density at radius 2 is 1.73 bits per heavy atom. The Labute approximate surface area is 172 Å². The van der Waals surface area contributed by atoms with E-state index in [1.165, 1.54) is 0 Å². The first-order valence-electron chi connectivity index (χ1n) is 9.87. The summed E-state index contributed by atoms with van der Waals surface area (Å²) in [4.78, 5) is 9.81. The lowest BCUT2D eigenvalue weighted by Crippen LogP contribution is -2.40. The molecule has 158 valence electrons. The van der Waals surface area contributed by atoms with Crippen LogP contribution in [0.1, 0.15) is 23.0 Å². The van der Waals surface area contributed by atoms with Crippen molar-refractivity contribution in [3.05, 3.63) is 65.5 Å². The van der Waals surface area contributed by atoms with Crippen LogP contribution in [0.3, 0.4) is 0 Å². The molecule has 1 fully saturated rings. The summed E-state index contributed by atoms with van der Waals surface area (Å²) in [6, 6.07) is 14.5. The molecule has 3 aromatic rings. The van der Waals surface area contributed by atoms with Gasteiger partial charge in [-0.1, -0.05) is 42.0 Å². The van der Waals surface area contributed by atoms with Crippen LogP contribution < -0.4 is 5.32 Å². The summed E-state index contributed by atoms with van der Waals surface area (Å²) in [5.41, 5.74) is 2.37. The van der Waals surface area contributed by atoms with E-state index in [0.717, 1.165) is 24.2 Å². The molecule has 30 heavy (non-hydrogen) atoms. The number of fused-ring (bicyclic) bond motifs is 1. The number of benzene rings is 2. The third kappa shape index (κ3) is 4.71. The largest absolute Gasteiger partial charge is 0.451 e. The van der Waals surface area contributed by atoms with E-state index in [4.69, 9.17) is 4.74 Å². The predicted octanol–water partition coefficient (Wildman–Crippen LogP) is 4.44. The van der Waals surface area contributed by atoms with E-state index in [1.807, 2.05) is 31.2 Å². The topological polar surface area (TPSA) is 50.3 Å². The maximum absolute atomic E-state index is 13.4. The Morgan fingerprint density at radius 3 is 2.43 bits per heavy atom. The van der Waals surface area contributed by atoms with Gasteiger partial charge in [-0.05, 0) is 24.6 Å². The number of ether oxygens (including phenoxy) is 1. The molecule has 0 bridgehead atoms. The second-order valence-electron chi connectivity index (χ2n) is 7.43. The van der Waals surface area contributed by atoms with Crippen LogP contribution >= 0.6 is 0 Å². The number of anilines is 1. The third-order valence-corrected chi connectivity index (χ3v) is 5.19. The van der Waals surface area contributed by atoms with Crippen LogP contribution in [0.5, 0.6) is 0 Å². The van der Waals surface area contributed by atoms with Crippen molar-refractivity contribution in [2.24, 2.45) is 0 Å². The summed E-state index contributed by atoms with van der Waals surface area (Å²) in [7, 11) is 0. The summed E-state index contributed by atoms with van der Waals surface area (Å²) >= 11 is 0. The van der Waals surface area contributed by atoms with E-state index < -0.39 is 12.0 Å². The van der Waals surface area contributed by atoms with Crippen LogP contribution in [0.25, 0.3) is 10.9 Å². The Kier molecular flexibility index (Phi) is 5.87. The predicted molar refractivity (Wildman–Crippen MR) is 109 cm³/mol. The highest BCUT2D eigenvalue weighted by molar-refractivity contribution is 5.89. The van der Waals surface area contributed by atoms with Crippen molar-refractivity contribution in [3.63, 3.8) is 0 Å². The van der Waals surface area contributed by atoms with E-state index in [-0.39, 0.29) is 17.4 Å². The second-order valence-corrected chi connectivity index (χ2v) is 7.43. The first-order valence-corrected chi connectivity index (χ1v) is 9.87. The van der Waals surface area contributed by atoms with Crippen molar-refractivity contribution in [2.45, 2.75) is 19.1 Å². The Hall–Kier alpha value is -2.71. The molecular weight excluding hydrogens is 393 g/mol. The van der Waals surface area contributed by atoms with Crippen molar-refractivity contribution >= 4 is 16.7 Å². The van der Waals surface area contributed by atoms with Crippen LogP contribution in [0.15, 0.2) is 48.5 Å². The highest BCUT2D eigenvalue weighted by Gasteiger charge is 2.35. The summed E-state index contributed by atoms with van der Waals surface area (Å²) in [6.45, 7) is 5.49. The first-order chi connectivity index (χ1) is 14.4. The lowest BCUT2D eigenvalue weighted by molar-refractivity contribution is -0.144. The van der Waals surface area contributed by atoms with Gasteiger partial charge in [-0.3, -0.25) is 4.90 Å². The SMILES string of the molecule is Cc1ccc([C@@H](CN2CCOCC2)Nc2nc(C(F)(F)F)nc3ccccc23)cc1. The molecule has 2 aromatic carbocycles. The average Bonchev–Trinajstić information content (AvgIpc) is 2.74. The lowest BCUT2D eigenvalue weighted by atomic mass is 10.0. The number of nitrogens with zero attached hydrogens (tertiary/aromatic N) is 3. The van der Waals surface area contributed by atoms with Crippen LogP contribution in [-0.4, -0.2) is 47.7 Å². The molecule has 8 heteroatoms. The minimum atomic E-state index is -4.62. The number of nitrogens with one attached hydrogen (secondary N) is 1. The number of aromatic nitrogens is 2. The number of para-hydroxylation sites is 1. The highest BCUT2D eigenvalue weighted by atomic mass is 19.4. The molecule has 0 radical (unpaired) electrons. The van der Waals surface area contributed by atoms with Crippen LogP contribution in [0.4, 0.5) is 19.0 Å². The van der Waals surface area contributed by atoms with E-state index in [0.29, 0.717) is 25.1 Å². The minimum absolute atomic E-state index is 0.187. The molecule has 1 aliphatic rings. The van der Waals surface area contributed by atoms with Gasteiger partial charge in [0.2, 0.25) is 5.82 Å². The normalized spacial score (nSPS) is 16.5.